The molecule has 0 aliphatic heterocycles. The summed E-state index contributed by atoms with van der Waals surface area (Å²) >= 11 is 0. The summed E-state index contributed by atoms with van der Waals surface area (Å²) in [6, 6.07) is 0.312. The van der Waals surface area contributed by atoms with Gasteiger partial charge >= 0.3 is 5.97 Å². The molecule has 3 unspecified atom stereocenters. The summed E-state index contributed by atoms with van der Waals surface area (Å²) in [4.78, 5) is 10.7. The molecule has 1 aromatic heterocycles. The van der Waals surface area contributed by atoms with Gasteiger partial charge in [0.2, 0.25) is 0 Å². The lowest BCUT2D eigenvalue weighted by Gasteiger charge is -2.31. The molecule has 1 fully saturated rings. The Bertz CT molecular complexity index is 388. The van der Waals surface area contributed by atoms with E-state index in [0.717, 1.165) is 18.8 Å². The molecule has 5 nitrogen and oxygen atoms in total. The monoisotopic (exact) mass is 223 g/mol. The lowest BCUT2D eigenvalue weighted by atomic mass is 9.79. The van der Waals surface area contributed by atoms with Crippen molar-refractivity contribution in [2.45, 2.75) is 39.2 Å². The second-order valence-corrected chi connectivity index (χ2v) is 4.81. The molecule has 1 aromatic rings. The number of hydrogen-bond donors (Lipinski definition) is 1. The van der Waals surface area contributed by atoms with E-state index in [2.05, 4.69) is 24.2 Å². The summed E-state index contributed by atoms with van der Waals surface area (Å²) in [7, 11) is 0. The highest BCUT2D eigenvalue weighted by atomic mass is 16.4. The maximum Gasteiger partial charge on any atom is 0.358 e. The molecule has 1 aliphatic rings. The van der Waals surface area contributed by atoms with Crippen molar-refractivity contribution in [1.82, 2.24) is 15.0 Å². The number of carboxylic acid groups (broad SMARTS) is 1. The maximum atomic E-state index is 10.7. The highest BCUT2D eigenvalue weighted by Gasteiger charge is 2.26. The van der Waals surface area contributed by atoms with E-state index in [-0.39, 0.29) is 5.69 Å². The van der Waals surface area contributed by atoms with Crippen LogP contribution in [0.2, 0.25) is 0 Å². The van der Waals surface area contributed by atoms with E-state index in [9.17, 15) is 4.79 Å². The van der Waals surface area contributed by atoms with E-state index in [4.69, 9.17) is 5.11 Å². The Labute approximate surface area is 94.5 Å². The van der Waals surface area contributed by atoms with Crippen molar-refractivity contribution in [1.29, 1.82) is 0 Å². The number of aromatic carboxylic acids is 1. The van der Waals surface area contributed by atoms with Gasteiger partial charge in [0.1, 0.15) is 0 Å². The Hall–Kier alpha value is -1.39. The minimum atomic E-state index is -1.01. The van der Waals surface area contributed by atoms with Gasteiger partial charge in [0.15, 0.2) is 5.69 Å². The van der Waals surface area contributed by atoms with Gasteiger partial charge in [-0.25, -0.2) is 9.48 Å². The first-order valence-corrected chi connectivity index (χ1v) is 5.73. The van der Waals surface area contributed by atoms with Gasteiger partial charge in [-0.3, -0.25) is 0 Å². The third-order valence-electron chi connectivity index (χ3n) is 3.67. The summed E-state index contributed by atoms with van der Waals surface area (Å²) in [5, 5.41) is 16.3. The first-order valence-electron chi connectivity index (χ1n) is 5.73. The van der Waals surface area contributed by atoms with Gasteiger partial charge in [-0.15, -0.1) is 5.10 Å². The predicted molar refractivity (Wildman–Crippen MR) is 58.2 cm³/mol. The largest absolute Gasteiger partial charge is 0.476 e. The zero-order chi connectivity index (χ0) is 11.7. The Morgan fingerprint density at radius 3 is 2.75 bits per heavy atom. The van der Waals surface area contributed by atoms with E-state index < -0.39 is 5.97 Å². The van der Waals surface area contributed by atoms with Crippen molar-refractivity contribution >= 4 is 5.97 Å². The van der Waals surface area contributed by atoms with Gasteiger partial charge in [0.25, 0.3) is 0 Å². The van der Waals surface area contributed by atoms with Crippen LogP contribution in [0.1, 0.15) is 49.6 Å². The molecule has 1 N–H and O–H groups in total. The van der Waals surface area contributed by atoms with Gasteiger partial charge in [0.05, 0.1) is 12.2 Å². The molecule has 0 radical (unpaired) electrons. The van der Waals surface area contributed by atoms with Gasteiger partial charge in [0, 0.05) is 0 Å². The number of carboxylic acids is 1. The predicted octanol–water partition coefficient (Wildman–Crippen LogP) is 1.97. The normalized spacial score (nSPS) is 30.2. The smallest absolute Gasteiger partial charge is 0.358 e. The minimum Gasteiger partial charge on any atom is -0.476 e. The average molecular weight is 223 g/mol. The fourth-order valence-corrected chi connectivity index (χ4v) is 2.31. The Morgan fingerprint density at radius 1 is 1.44 bits per heavy atom. The van der Waals surface area contributed by atoms with Gasteiger partial charge in [-0.05, 0) is 31.1 Å². The minimum absolute atomic E-state index is 0.0336. The molecule has 88 valence electrons. The van der Waals surface area contributed by atoms with Crippen LogP contribution < -0.4 is 0 Å². The SMILES string of the molecule is CC1CCC(n2cc(C(=O)O)nn2)CC1C. The van der Waals surface area contributed by atoms with Crippen LogP contribution in [0, 0.1) is 11.8 Å². The lowest BCUT2D eigenvalue weighted by Crippen LogP contribution is -2.23. The molecular formula is C11H17N3O2. The Morgan fingerprint density at radius 2 is 2.19 bits per heavy atom. The Balaban J connectivity index is 2.09. The summed E-state index contributed by atoms with van der Waals surface area (Å²) < 4.78 is 1.71. The van der Waals surface area contributed by atoms with E-state index in [1.807, 2.05) is 0 Å². The van der Waals surface area contributed by atoms with Crippen LogP contribution in [-0.2, 0) is 0 Å². The van der Waals surface area contributed by atoms with Crippen LogP contribution in [0.15, 0.2) is 6.20 Å². The first kappa shape index (κ1) is 11.1. The van der Waals surface area contributed by atoms with E-state index >= 15 is 0 Å². The van der Waals surface area contributed by atoms with E-state index in [1.54, 1.807) is 4.68 Å². The molecular weight excluding hydrogens is 206 g/mol. The van der Waals surface area contributed by atoms with Crippen molar-refractivity contribution in [2.24, 2.45) is 11.8 Å². The molecule has 1 aliphatic carbocycles. The van der Waals surface area contributed by atoms with Gasteiger partial charge < -0.3 is 5.11 Å². The summed E-state index contributed by atoms with van der Waals surface area (Å²) in [5.74, 6) is 0.401. The zero-order valence-corrected chi connectivity index (χ0v) is 9.63. The summed E-state index contributed by atoms with van der Waals surface area (Å²) in [6.07, 6.45) is 4.83. The van der Waals surface area contributed by atoms with Crippen molar-refractivity contribution in [3.05, 3.63) is 11.9 Å². The van der Waals surface area contributed by atoms with Crippen LogP contribution in [0.4, 0.5) is 0 Å². The fraction of sp³-hybridized carbons (Fsp3) is 0.727. The lowest BCUT2D eigenvalue weighted by molar-refractivity contribution is 0.0690. The zero-order valence-electron chi connectivity index (χ0n) is 9.63. The quantitative estimate of drug-likeness (QED) is 0.832. The van der Waals surface area contributed by atoms with Crippen LogP contribution in [0.5, 0.6) is 0 Å². The Kier molecular flexibility index (Phi) is 2.94. The number of nitrogens with zero attached hydrogens (tertiary/aromatic N) is 3. The molecule has 0 bridgehead atoms. The molecule has 1 saturated carbocycles. The third-order valence-corrected chi connectivity index (χ3v) is 3.67. The summed E-state index contributed by atoms with van der Waals surface area (Å²) in [6.45, 7) is 4.51. The molecule has 16 heavy (non-hydrogen) atoms. The van der Waals surface area contributed by atoms with Crippen LogP contribution in [0.25, 0.3) is 0 Å². The third kappa shape index (κ3) is 2.08. The van der Waals surface area contributed by atoms with Crippen molar-refractivity contribution in [3.63, 3.8) is 0 Å². The second-order valence-electron chi connectivity index (χ2n) is 4.81. The maximum absolute atomic E-state index is 10.7. The van der Waals surface area contributed by atoms with Crippen molar-refractivity contribution in [2.75, 3.05) is 0 Å². The molecule has 0 amide bonds. The number of rotatable bonds is 2. The van der Waals surface area contributed by atoms with Crippen molar-refractivity contribution < 1.29 is 9.90 Å². The molecule has 0 saturated heterocycles. The average Bonchev–Trinajstić information content (AvgIpc) is 2.71. The van der Waals surface area contributed by atoms with Crippen LogP contribution in [0.3, 0.4) is 0 Å². The van der Waals surface area contributed by atoms with Gasteiger partial charge in [-0.1, -0.05) is 19.1 Å². The first-order chi connectivity index (χ1) is 7.58. The van der Waals surface area contributed by atoms with Crippen molar-refractivity contribution in [3.8, 4) is 0 Å². The molecule has 2 rings (SSSR count). The van der Waals surface area contributed by atoms with E-state index in [1.165, 1.54) is 12.6 Å². The second kappa shape index (κ2) is 4.23. The topological polar surface area (TPSA) is 68.0 Å². The summed E-state index contributed by atoms with van der Waals surface area (Å²) in [5.41, 5.74) is 0.0336. The molecule has 1 heterocycles. The van der Waals surface area contributed by atoms with E-state index in [0.29, 0.717) is 12.0 Å². The highest BCUT2D eigenvalue weighted by molar-refractivity contribution is 5.84. The highest BCUT2D eigenvalue weighted by Crippen LogP contribution is 2.35. The number of hydrogen-bond acceptors (Lipinski definition) is 3. The van der Waals surface area contributed by atoms with Crippen LogP contribution >= 0.6 is 0 Å². The number of aromatic nitrogens is 3. The molecule has 0 aromatic carbocycles. The molecule has 0 spiro atoms. The standard InChI is InChI=1S/C11H17N3O2/c1-7-3-4-9(5-8(7)2)14-6-10(11(15)16)12-13-14/h6-9H,3-5H2,1-2H3,(H,15,16). The molecule has 5 heteroatoms. The number of carbonyl (C=O) groups is 1. The van der Waals surface area contributed by atoms with Gasteiger partial charge in [-0.2, -0.15) is 0 Å². The fourth-order valence-electron chi connectivity index (χ4n) is 2.31. The van der Waals surface area contributed by atoms with Crippen LogP contribution in [-0.4, -0.2) is 26.1 Å². The molecule has 3 atom stereocenters.